The number of benzene rings is 1. The second-order valence-electron chi connectivity index (χ2n) is 5.37. The molecule has 0 saturated heterocycles. The van der Waals surface area contributed by atoms with Gasteiger partial charge in [0.25, 0.3) is 0 Å². The number of nitrogens with zero attached hydrogens (tertiary/aromatic N) is 4. The fourth-order valence-corrected chi connectivity index (χ4v) is 3.68. The molecule has 1 saturated carbocycles. The minimum absolute atomic E-state index is 0.0469. The number of methoxy groups -OCH3 is 1. The van der Waals surface area contributed by atoms with Crippen LogP contribution in [0.3, 0.4) is 0 Å². The second kappa shape index (κ2) is 6.48. The molecular weight excluding hydrogens is 300 g/mol. The Morgan fingerprint density at radius 2 is 2.23 bits per heavy atom. The zero-order chi connectivity index (χ0) is 15.5. The number of tetrazole rings is 1. The van der Waals surface area contributed by atoms with Crippen molar-refractivity contribution >= 4 is 17.5 Å². The Bertz CT molecular complexity index is 686. The van der Waals surface area contributed by atoms with Gasteiger partial charge in [-0.05, 0) is 47.9 Å². The van der Waals surface area contributed by atoms with E-state index in [1.54, 1.807) is 11.8 Å². The van der Waals surface area contributed by atoms with Crippen molar-refractivity contribution in [2.45, 2.75) is 43.0 Å². The second-order valence-corrected chi connectivity index (χ2v) is 6.54. The van der Waals surface area contributed by atoms with Gasteiger partial charge in [-0.15, -0.1) is 5.10 Å². The molecule has 6 nitrogen and oxygen atoms in total. The summed E-state index contributed by atoms with van der Waals surface area (Å²) in [7, 11) is 1.62. The van der Waals surface area contributed by atoms with Crippen LogP contribution in [0.5, 0.6) is 5.75 Å². The van der Waals surface area contributed by atoms with E-state index in [1.165, 1.54) is 11.8 Å². The molecule has 0 aliphatic heterocycles. The molecule has 1 aromatic heterocycles. The highest BCUT2D eigenvalue weighted by molar-refractivity contribution is 8.00. The van der Waals surface area contributed by atoms with Gasteiger partial charge in [0.2, 0.25) is 5.16 Å². The van der Waals surface area contributed by atoms with E-state index in [9.17, 15) is 4.79 Å². The minimum Gasteiger partial charge on any atom is -0.494 e. The van der Waals surface area contributed by atoms with E-state index in [0.717, 1.165) is 30.5 Å². The number of Topliss-reactive ketones (excluding diaryl/α,β-unsaturated/α-hetero) is 1. The van der Waals surface area contributed by atoms with Gasteiger partial charge < -0.3 is 4.74 Å². The summed E-state index contributed by atoms with van der Waals surface area (Å²) in [6, 6.07) is 5.85. The van der Waals surface area contributed by atoms with Crippen molar-refractivity contribution in [2.24, 2.45) is 0 Å². The number of aryl methyl sites for hydroxylation is 1. The standard InChI is InChI=1S/C15H18N4O2S/c1-10-7-8-13(21-2)11(9-10)19-15(16-17-18-19)22-14-6-4-3-5-12(14)20/h7-9,14H,3-6H2,1-2H3. The lowest BCUT2D eigenvalue weighted by Crippen LogP contribution is -2.21. The summed E-state index contributed by atoms with van der Waals surface area (Å²) < 4.78 is 7.05. The first-order valence-electron chi connectivity index (χ1n) is 7.32. The maximum atomic E-state index is 12.0. The molecule has 1 aliphatic rings. The maximum Gasteiger partial charge on any atom is 0.214 e. The van der Waals surface area contributed by atoms with Crippen LogP contribution in [0.2, 0.25) is 0 Å². The Balaban J connectivity index is 1.92. The lowest BCUT2D eigenvalue weighted by molar-refractivity contribution is -0.119. The Hall–Kier alpha value is -1.89. The molecule has 2 aromatic rings. The van der Waals surface area contributed by atoms with E-state index in [0.29, 0.717) is 23.1 Å². The highest BCUT2D eigenvalue weighted by Crippen LogP contribution is 2.33. The first-order valence-corrected chi connectivity index (χ1v) is 8.20. The summed E-state index contributed by atoms with van der Waals surface area (Å²) in [4.78, 5) is 12.0. The van der Waals surface area contributed by atoms with Crippen LogP contribution in [0.1, 0.15) is 31.2 Å². The molecule has 0 radical (unpaired) electrons. The van der Waals surface area contributed by atoms with E-state index < -0.39 is 0 Å². The number of carbonyl (C=O) groups excluding carboxylic acids is 1. The largest absolute Gasteiger partial charge is 0.494 e. The van der Waals surface area contributed by atoms with Crippen LogP contribution in [0, 0.1) is 6.92 Å². The number of thioether (sulfide) groups is 1. The average Bonchev–Trinajstić information content (AvgIpc) is 2.97. The topological polar surface area (TPSA) is 69.9 Å². The van der Waals surface area contributed by atoms with Crippen molar-refractivity contribution in [1.29, 1.82) is 0 Å². The van der Waals surface area contributed by atoms with Gasteiger partial charge in [-0.2, -0.15) is 4.68 Å². The number of hydrogen-bond donors (Lipinski definition) is 0. The van der Waals surface area contributed by atoms with E-state index in [4.69, 9.17) is 4.74 Å². The van der Waals surface area contributed by atoms with Gasteiger partial charge in [-0.3, -0.25) is 4.79 Å². The number of aromatic nitrogens is 4. The van der Waals surface area contributed by atoms with E-state index >= 15 is 0 Å². The van der Waals surface area contributed by atoms with Crippen LogP contribution < -0.4 is 4.74 Å². The summed E-state index contributed by atoms with van der Waals surface area (Å²) in [6.07, 6.45) is 3.62. The number of hydrogen-bond acceptors (Lipinski definition) is 6. The molecule has 1 unspecified atom stereocenters. The molecule has 1 heterocycles. The molecule has 116 valence electrons. The van der Waals surface area contributed by atoms with E-state index in [-0.39, 0.29) is 5.25 Å². The molecule has 7 heteroatoms. The van der Waals surface area contributed by atoms with Crippen LogP contribution in [0.25, 0.3) is 5.69 Å². The third kappa shape index (κ3) is 2.99. The van der Waals surface area contributed by atoms with Crippen molar-refractivity contribution in [1.82, 2.24) is 20.2 Å². The maximum absolute atomic E-state index is 12.0. The van der Waals surface area contributed by atoms with Gasteiger partial charge in [0.1, 0.15) is 17.2 Å². The van der Waals surface area contributed by atoms with Gasteiger partial charge >= 0.3 is 0 Å². The van der Waals surface area contributed by atoms with Crippen LogP contribution in [-0.4, -0.2) is 38.4 Å². The lowest BCUT2D eigenvalue weighted by atomic mass is 9.99. The summed E-state index contributed by atoms with van der Waals surface area (Å²) in [5.74, 6) is 0.997. The number of carbonyl (C=O) groups is 1. The third-order valence-electron chi connectivity index (χ3n) is 3.75. The predicted octanol–water partition coefficient (Wildman–Crippen LogP) is 2.58. The average molecular weight is 318 g/mol. The Morgan fingerprint density at radius 1 is 1.36 bits per heavy atom. The Labute approximate surface area is 133 Å². The van der Waals surface area contributed by atoms with Crippen molar-refractivity contribution in [3.63, 3.8) is 0 Å². The summed E-state index contributed by atoms with van der Waals surface area (Å²) in [5.41, 5.74) is 1.88. The zero-order valence-corrected chi connectivity index (χ0v) is 13.5. The molecule has 22 heavy (non-hydrogen) atoms. The lowest BCUT2D eigenvalue weighted by Gasteiger charge is -2.19. The van der Waals surface area contributed by atoms with E-state index in [1.807, 2.05) is 25.1 Å². The molecule has 0 amide bonds. The van der Waals surface area contributed by atoms with Crippen LogP contribution >= 0.6 is 11.8 Å². The Morgan fingerprint density at radius 3 is 3.00 bits per heavy atom. The van der Waals surface area contributed by atoms with Crippen molar-refractivity contribution < 1.29 is 9.53 Å². The zero-order valence-electron chi connectivity index (χ0n) is 12.7. The van der Waals surface area contributed by atoms with Crippen molar-refractivity contribution in [3.8, 4) is 11.4 Å². The van der Waals surface area contributed by atoms with Gasteiger partial charge in [0.15, 0.2) is 0 Å². The Kier molecular flexibility index (Phi) is 4.42. The number of rotatable bonds is 4. The molecule has 0 bridgehead atoms. The van der Waals surface area contributed by atoms with Crippen LogP contribution in [0.15, 0.2) is 23.4 Å². The highest BCUT2D eigenvalue weighted by Gasteiger charge is 2.26. The number of ether oxygens (including phenoxy) is 1. The highest BCUT2D eigenvalue weighted by atomic mass is 32.2. The smallest absolute Gasteiger partial charge is 0.214 e. The molecule has 1 fully saturated rings. The quantitative estimate of drug-likeness (QED) is 0.863. The summed E-state index contributed by atoms with van der Waals surface area (Å²) >= 11 is 1.45. The molecule has 1 aromatic carbocycles. The molecule has 1 atom stereocenters. The number of ketones is 1. The summed E-state index contributed by atoms with van der Waals surface area (Å²) in [5, 5.41) is 12.5. The third-order valence-corrected chi connectivity index (χ3v) is 5.00. The SMILES string of the molecule is COc1ccc(C)cc1-n1nnnc1SC1CCCCC1=O. The molecule has 1 aliphatic carbocycles. The molecular formula is C15H18N4O2S. The van der Waals surface area contributed by atoms with Crippen molar-refractivity contribution in [3.05, 3.63) is 23.8 Å². The molecule has 0 spiro atoms. The van der Waals surface area contributed by atoms with Gasteiger partial charge in [0, 0.05) is 6.42 Å². The predicted molar refractivity (Wildman–Crippen MR) is 83.6 cm³/mol. The van der Waals surface area contributed by atoms with Gasteiger partial charge in [-0.1, -0.05) is 24.2 Å². The van der Waals surface area contributed by atoms with Gasteiger partial charge in [0.05, 0.1) is 12.4 Å². The molecule has 3 rings (SSSR count). The normalized spacial score (nSPS) is 18.5. The van der Waals surface area contributed by atoms with Crippen LogP contribution in [0.4, 0.5) is 0 Å². The van der Waals surface area contributed by atoms with E-state index in [2.05, 4.69) is 15.5 Å². The van der Waals surface area contributed by atoms with Crippen molar-refractivity contribution in [2.75, 3.05) is 7.11 Å². The van der Waals surface area contributed by atoms with Gasteiger partial charge in [-0.25, -0.2) is 0 Å². The van der Waals surface area contributed by atoms with Crippen LogP contribution in [-0.2, 0) is 4.79 Å². The first kappa shape index (κ1) is 15.0. The minimum atomic E-state index is -0.0469. The monoisotopic (exact) mass is 318 g/mol. The summed E-state index contributed by atoms with van der Waals surface area (Å²) in [6.45, 7) is 2.00. The molecule has 0 N–H and O–H groups in total. The fraction of sp³-hybridized carbons (Fsp3) is 0.467. The first-order chi connectivity index (χ1) is 10.7. The fourth-order valence-electron chi connectivity index (χ4n) is 2.57.